The minimum Gasteiger partial charge on any atom is -0.319 e. The molecule has 0 fully saturated rings. The van der Waals surface area contributed by atoms with Crippen molar-refractivity contribution >= 4 is 17.4 Å². The number of rotatable bonds is 5. The zero-order valence-corrected chi connectivity index (χ0v) is 12.0. The molecular formula is C17H18N3O. The van der Waals surface area contributed by atoms with E-state index in [1.807, 2.05) is 31.3 Å². The molecule has 2 amide bonds. The van der Waals surface area contributed by atoms with Crippen LogP contribution in [0.5, 0.6) is 0 Å². The van der Waals surface area contributed by atoms with Crippen molar-refractivity contribution in [2.24, 2.45) is 0 Å². The highest BCUT2D eigenvalue weighted by Gasteiger charge is 2.22. The number of fused-ring (bicyclic) bond motifs is 1. The lowest BCUT2D eigenvalue weighted by atomic mass is 9.99. The molecule has 2 N–H and O–H groups in total. The minimum absolute atomic E-state index is 0.271. The first-order valence-corrected chi connectivity index (χ1v) is 7.13. The van der Waals surface area contributed by atoms with E-state index in [1.165, 1.54) is 11.1 Å². The molecule has 4 heteroatoms. The second kappa shape index (κ2) is 5.97. The summed E-state index contributed by atoms with van der Waals surface area (Å²) < 4.78 is 0. The Morgan fingerprint density at radius 2 is 1.95 bits per heavy atom. The molecule has 0 atom stereocenters. The van der Waals surface area contributed by atoms with Crippen LogP contribution in [0, 0.1) is 0 Å². The summed E-state index contributed by atoms with van der Waals surface area (Å²) in [4.78, 5) is 11.5. The van der Waals surface area contributed by atoms with Crippen molar-refractivity contribution in [3.05, 3.63) is 59.2 Å². The molecule has 1 heterocycles. The molecule has 2 aromatic carbocycles. The fourth-order valence-electron chi connectivity index (χ4n) is 2.62. The molecular weight excluding hydrogens is 262 g/mol. The molecule has 0 saturated carbocycles. The average molecular weight is 280 g/mol. The number of anilines is 1. The van der Waals surface area contributed by atoms with Gasteiger partial charge in [0, 0.05) is 0 Å². The van der Waals surface area contributed by atoms with E-state index in [2.05, 4.69) is 34.1 Å². The number of hydrogen-bond donors (Lipinski definition) is 2. The van der Waals surface area contributed by atoms with Gasteiger partial charge < -0.3 is 10.6 Å². The second-order valence-corrected chi connectivity index (χ2v) is 5.21. The fourth-order valence-corrected chi connectivity index (χ4v) is 2.62. The van der Waals surface area contributed by atoms with Gasteiger partial charge in [-0.2, -0.15) is 5.32 Å². The smallest absolute Gasteiger partial charge is 0.319 e. The number of carbonyl (C=O) groups is 1. The van der Waals surface area contributed by atoms with Crippen LogP contribution in [0.2, 0.25) is 0 Å². The Hall–Kier alpha value is -2.33. The van der Waals surface area contributed by atoms with E-state index in [0.29, 0.717) is 0 Å². The summed E-state index contributed by atoms with van der Waals surface area (Å²) in [5, 5.41) is 10.0. The number of urea groups is 1. The Morgan fingerprint density at radius 3 is 2.71 bits per heavy atom. The molecule has 2 aromatic rings. The zero-order valence-electron chi connectivity index (χ0n) is 12.0. The number of amides is 2. The van der Waals surface area contributed by atoms with Crippen molar-refractivity contribution in [3.8, 4) is 0 Å². The van der Waals surface area contributed by atoms with Crippen LogP contribution >= 0.6 is 0 Å². The van der Waals surface area contributed by atoms with Gasteiger partial charge >= 0.3 is 6.03 Å². The minimum atomic E-state index is -0.271. The van der Waals surface area contributed by atoms with Crippen molar-refractivity contribution in [2.75, 3.05) is 18.9 Å². The average Bonchev–Trinajstić information content (AvgIpc) is 2.86. The largest absolute Gasteiger partial charge is 0.346 e. The van der Waals surface area contributed by atoms with E-state index < -0.39 is 0 Å². The van der Waals surface area contributed by atoms with Crippen LogP contribution in [0.3, 0.4) is 0 Å². The van der Waals surface area contributed by atoms with Gasteiger partial charge in [-0.1, -0.05) is 36.4 Å². The van der Waals surface area contributed by atoms with Crippen molar-refractivity contribution in [2.45, 2.75) is 12.8 Å². The molecule has 0 spiro atoms. The van der Waals surface area contributed by atoms with E-state index in [1.54, 1.807) is 0 Å². The SMILES string of the molecule is CNCCc1cc(Cc2ccccc2)cc2c1[N]C(=O)N2. The Morgan fingerprint density at radius 1 is 1.14 bits per heavy atom. The lowest BCUT2D eigenvalue weighted by molar-refractivity contribution is 0.256. The molecule has 1 radical (unpaired) electrons. The summed E-state index contributed by atoms with van der Waals surface area (Å²) >= 11 is 0. The number of nitrogens with zero attached hydrogens (tertiary/aromatic N) is 1. The molecule has 1 aliphatic heterocycles. The van der Waals surface area contributed by atoms with Gasteiger partial charge in [0.15, 0.2) is 0 Å². The topological polar surface area (TPSA) is 55.2 Å². The van der Waals surface area contributed by atoms with Crippen LogP contribution in [0.4, 0.5) is 16.2 Å². The summed E-state index contributed by atoms with van der Waals surface area (Å²) in [6.45, 7) is 0.866. The van der Waals surface area contributed by atoms with E-state index >= 15 is 0 Å². The standard InChI is InChI=1S/C17H18N3O/c1-18-8-7-14-10-13(9-12-5-3-2-4-6-12)11-15-16(14)20-17(21)19-15/h2-6,10-11,18H,7-9H2,1H3,(H,19,21). The van der Waals surface area contributed by atoms with Crippen molar-refractivity contribution in [1.29, 1.82) is 0 Å². The summed E-state index contributed by atoms with van der Waals surface area (Å²) in [5.74, 6) is 0. The van der Waals surface area contributed by atoms with Crippen molar-refractivity contribution in [1.82, 2.24) is 10.6 Å². The second-order valence-electron chi connectivity index (χ2n) is 5.21. The summed E-state index contributed by atoms with van der Waals surface area (Å²) in [6, 6.07) is 14.2. The molecule has 0 aromatic heterocycles. The number of nitrogens with one attached hydrogen (secondary N) is 2. The van der Waals surface area contributed by atoms with Gasteiger partial charge in [0.25, 0.3) is 0 Å². The van der Waals surface area contributed by atoms with Crippen molar-refractivity contribution in [3.63, 3.8) is 0 Å². The van der Waals surface area contributed by atoms with Crippen LogP contribution in [-0.4, -0.2) is 19.6 Å². The Kier molecular flexibility index (Phi) is 3.88. The third-order valence-corrected chi connectivity index (χ3v) is 3.60. The molecule has 1 aliphatic rings. The number of benzene rings is 2. The first-order chi connectivity index (χ1) is 10.3. The number of likely N-dealkylation sites (N-methyl/N-ethyl adjacent to an activating group) is 1. The van der Waals surface area contributed by atoms with Crippen LogP contribution in [0.1, 0.15) is 16.7 Å². The normalized spacial score (nSPS) is 12.7. The van der Waals surface area contributed by atoms with Gasteiger partial charge in [-0.25, -0.2) is 4.79 Å². The molecule has 0 bridgehead atoms. The summed E-state index contributed by atoms with van der Waals surface area (Å²) in [5.41, 5.74) is 5.21. The molecule has 4 nitrogen and oxygen atoms in total. The summed E-state index contributed by atoms with van der Waals surface area (Å²) in [7, 11) is 1.93. The highest BCUT2D eigenvalue weighted by molar-refractivity contribution is 6.03. The maximum absolute atomic E-state index is 11.5. The van der Waals surface area contributed by atoms with Gasteiger partial charge in [-0.3, -0.25) is 0 Å². The first kappa shape index (κ1) is 13.6. The van der Waals surface area contributed by atoms with Crippen LogP contribution < -0.4 is 16.0 Å². The maximum atomic E-state index is 11.5. The van der Waals surface area contributed by atoms with Gasteiger partial charge in [0.05, 0.1) is 11.4 Å². The zero-order chi connectivity index (χ0) is 14.7. The van der Waals surface area contributed by atoms with Crippen LogP contribution in [0.15, 0.2) is 42.5 Å². The quantitative estimate of drug-likeness (QED) is 0.885. The third-order valence-electron chi connectivity index (χ3n) is 3.60. The van der Waals surface area contributed by atoms with E-state index in [-0.39, 0.29) is 6.03 Å². The Bertz CT molecular complexity index is 653. The predicted octanol–water partition coefficient (Wildman–Crippen LogP) is 2.82. The predicted molar refractivity (Wildman–Crippen MR) is 84.1 cm³/mol. The third kappa shape index (κ3) is 3.06. The lowest BCUT2D eigenvalue weighted by Gasteiger charge is -2.10. The Labute approximate surface area is 124 Å². The number of carbonyl (C=O) groups excluding carboxylic acids is 1. The van der Waals surface area contributed by atoms with Crippen LogP contribution in [-0.2, 0) is 12.8 Å². The molecule has 21 heavy (non-hydrogen) atoms. The highest BCUT2D eigenvalue weighted by atomic mass is 16.2. The van der Waals surface area contributed by atoms with Gasteiger partial charge in [0.2, 0.25) is 0 Å². The van der Waals surface area contributed by atoms with Crippen LogP contribution in [0.25, 0.3) is 0 Å². The molecule has 0 unspecified atom stereocenters. The fraction of sp³-hybridized carbons (Fsp3) is 0.235. The van der Waals surface area contributed by atoms with E-state index in [9.17, 15) is 4.79 Å². The highest BCUT2D eigenvalue weighted by Crippen LogP contribution is 2.33. The van der Waals surface area contributed by atoms with Crippen molar-refractivity contribution < 1.29 is 4.79 Å². The van der Waals surface area contributed by atoms with Gasteiger partial charge in [-0.05, 0) is 49.2 Å². The monoisotopic (exact) mass is 280 g/mol. The Balaban J connectivity index is 1.91. The lowest BCUT2D eigenvalue weighted by Crippen LogP contribution is -2.12. The van der Waals surface area contributed by atoms with E-state index in [4.69, 9.17) is 0 Å². The molecule has 107 valence electrons. The molecule has 0 aliphatic carbocycles. The number of hydrogen-bond acceptors (Lipinski definition) is 2. The molecule has 0 saturated heterocycles. The molecule has 3 rings (SSSR count). The maximum Gasteiger partial charge on any atom is 0.346 e. The first-order valence-electron chi connectivity index (χ1n) is 7.13. The van der Waals surface area contributed by atoms with Gasteiger partial charge in [0.1, 0.15) is 0 Å². The van der Waals surface area contributed by atoms with Gasteiger partial charge in [-0.15, -0.1) is 0 Å². The van der Waals surface area contributed by atoms with E-state index in [0.717, 1.165) is 36.3 Å². The summed E-state index contributed by atoms with van der Waals surface area (Å²) in [6.07, 6.45) is 1.72.